The van der Waals surface area contributed by atoms with Gasteiger partial charge in [0.15, 0.2) is 10.9 Å². The first-order valence-electron chi connectivity index (χ1n) is 7.39. The van der Waals surface area contributed by atoms with Crippen LogP contribution in [0.25, 0.3) is 10.2 Å². The van der Waals surface area contributed by atoms with Gasteiger partial charge in [0.05, 0.1) is 16.5 Å². The largest absolute Gasteiger partial charge is 0.459 e. The molecular formula is C17H12N4O3S. The van der Waals surface area contributed by atoms with E-state index in [4.69, 9.17) is 4.42 Å². The van der Waals surface area contributed by atoms with Crippen molar-refractivity contribution >= 4 is 44.2 Å². The second kappa shape index (κ2) is 6.25. The third-order valence-corrected chi connectivity index (χ3v) is 4.39. The summed E-state index contributed by atoms with van der Waals surface area (Å²) in [7, 11) is 0. The Kier molecular flexibility index (Phi) is 3.79. The molecule has 0 bridgehead atoms. The lowest BCUT2D eigenvalue weighted by atomic mass is 10.3. The maximum atomic E-state index is 12.1. The van der Waals surface area contributed by atoms with Crippen LogP contribution >= 0.6 is 11.3 Å². The third-order valence-electron chi connectivity index (χ3n) is 3.45. The number of benzene rings is 1. The molecule has 0 aliphatic rings. The fraction of sp³-hybridized carbons (Fsp3) is 0. The molecule has 4 rings (SSSR count). The van der Waals surface area contributed by atoms with Crippen molar-refractivity contribution in [2.24, 2.45) is 0 Å². The van der Waals surface area contributed by atoms with Crippen LogP contribution in [0.3, 0.4) is 0 Å². The molecule has 124 valence electrons. The summed E-state index contributed by atoms with van der Waals surface area (Å²) in [5, 5.41) is 6.00. The van der Waals surface area contributed by atoms with Crippen molar-refractivity contribution in [3.05, 3.63) is 66.4 Å². The fourth-order valence-electron chi connectivity index (χ4n) is 2.29. The number of hydrogen-bond acceptors (Lipinski definition) is 5. The summed E-state index contributed by atoms with van der Waals surface area (Å²) in [4.78, 5) is 31.3. The fourth-order valence-corrected chi connectivity index (χ4v) is 3.19. The molecule has 7 nitrogen and oxygen atoms in total. The Morgan fingerprint density at radius 1 is 1.08 bits per heavy atom. The molecule has 0 aliphatic carbocycles. The second-order valence-electron chi connectivity index (χ2n) is 5.17. The highest BCUT2D eigenvalue weighted by Gasteiger charge is 2.12. The SMILES string of the molecule is O=C(Nc1nc2ccc(NC(=O)c3ccco3)cc2s1)c1ccc[nH]1. The van der Waals surface area contributed by atoms with Crippen molar-refractivity contribution < 1.29 is 14.0 Å². The molecule has 3 heterocycles. The molecule has 8 heteroatoms. The first kappa shape index (κ1) is 15.2. The number of fused-ring (bicyclic) bond motifs is 1. The third kappa shape index (κ3) is 3.15. The molecule has 25 heavy (non-hydrogen) atoms. The summed E-state index contributed by atoms with van der Waals surface area (Å²) in [6.07, 6.45) is 3.13. The minimum Gasteiger partial charge on any atom is -0.459 e. The number of hydrogen-bond donors (Lipinski definition) is 3. The van der Waals surface area contributed by atoms with Crippen LogP contribution in [0.4, 0.5) is 10.8 Å². The maximum Gasteiger partial charge on any atom is 0.291 e. The van der Waals surface area contributed by atoms with Gasteiger partial charge in [-0.1, -0.05) is 11.3 Å². The van der Waals surface area contributed by atoms with E-state index in [1.807, 2.05) is 0 Å². The number of nitrogens with zero attached hydrogens (tertiary/aromatic N) is 1. The van der Waals surface area contributed by atoms with Gasteiger partial charge in [0.2, 0.25) is 0 Å². The lowest BCUT2D eigenvalue weighted by molar-refractivity contribution is 0.0994. The van der Waals surface area contributed by atoms with Crippen molar-refractivity contribution in [2.45, 2.75) is 0 Å². The second-order valence-corrected chi connectivity index (χ2v) is 6.20. The van der Waals surface area contributed by atoms with Gasteiger partial charge < -0.3 is 14.7 Å². The van der Waals surface area contributed by atoms with Gasteiger partial charge in [-0.05, 0) is 42.5 Å². The smallest absolute Gasteiger partial charge is 0.291 e. The van der Waals surface area contributed by atoms with E-state index in [2.05, 4.69) is 20.6 Å². The molecule has 4 aromatic rings. The topological polar surface area (TPSA) is 100 Å². The zero-order chi connectivity index (χ0) is 17.2. The summed E-state index contributed by atoms with van der Waals surface area (Å²) >= 11 is 1.33. The Morgan fingerprint density at radius 2 is 2.00 bits per heavy atom. The number of amides is 2. The van der Waals surface area contributed by atoms with Gasteiger partial charge in [0, 0.05) is 11.9 Å². The van der Waals surface area contributed by atoms with Gasteiger partial charge in [0.1, 0.15) is 5.69 Å². The Morgan fingerprint density at radius 3 is 2.76 bits per heavy atom. The summed E-state index contributed by atoms with van der Waals surface area (Å²) in [5.74, 6) is -0.340. The molecule has 2 amide bonds. The van der Waals surface area contributed by atoms with Crippen LogP contribution in [0, 0.1) is 0 Å². The van der Waals surface area contributed by atoms with Gasteiger partial charge >= 0.3 is 0 Å². The van der Waals surface area contributed by atoms with Gasteiger partial charge in [-0.25, -0.2) is 4.98 Å². The minimum absolute atomic E-state index is 0.239. The van der Waals surface area contributed by atoms with E-state index >= 15 is 0 Å². The molecule has 3 N–H and O–H groups in total. The number of anilines is 2. The van der Waals surface area contributed by atoms with E-state index < -0.39 is 0 Å². The summed E-state index contributed by atoms with van der Waals surface area (Å²) < 4.78 is 5.91. The van der Waals surface area contributed by atoms with E-state index in [0.717, 1.165) is 10.2 Å². The van der Waals surface area contributed by atoms with Crippen LogP contribution in [-0.4, -0.2) is 21.8 Å². The van der Waals surface area contributed by atoms with E-state index in [-0.39, 0.29) is 17.6 Å². The van der Waals surface area contributed by atoms with Crippen molar-refractivity contribution in [3.63, 3.8) is 0 Å². The molecule has 0 aliphatic heterocycles. The van der Waals surface area contributed by atoms with E-state index in [9.17, 15) is 9.59 Å². The quantitative estimate of drug-likeness (QED) is 0.521. The maximum absolute atomic E-state index is 12.1. The Bertz CT molecular complexity index is 989. The van der Waals surface area contributed by atoms with Crippen LogP contribution in [0.15, 0.2) is 59.3 Å². The number of thiazole rings is 1. The molecule has 0 fully saturated rings. The zero-order valence-electron chi connectivity index (χ0n) is 12.8. The highest BCUT2D eigenvalue weighted by Crippen LogP contribution is 2.28. The summed E-state index contributed by atoms with van der Waals surface area (Å²) in [5.41, 5.74) is 1.83. The van der Waals surface area contributed by atoms with Crippen LogP contribution in [-0.2, 0) is 0 Å². The standard InChI is InChI=1S/C17H12N4O3S/c22-15(12-3-1-7-18-12)21-17-20-11-6-5-10(9-14(11)25-17)19-16(23)13-4-2-8-24-13/h1-9,18H,(H,19,23)(H,20,21,22). The Balaban J connectivity index is 1.53. The van der Waals surface area contributed by atoms with Crippen molar-refractivity contribution in [1.29, 1.82) is 0 Å². The van der Waals surface area contributed by atoms with E-state index in [1.54, 1.807) is 48.7 Å². The van der Waals surface area contributed by atoms with Crippen LogP contribution in [0.5, 0.6) is 0 Å². The molecule has 0 saturated heterocycles. The molecule has 1 aromatic carbocycles. The van der Waals surface area contributed by atoms with Crippen molar-refractivity contribution in [2.75, 3.05) is 10.6 Å². The first-order chi connectivity index (χ1) is 12.2. The summed E-state index contributed by atoms with van der Waals surface area (Å²) in [6.45, 7) is 0. The van der Waals surface area contributed by atoms with Crippen LogP contribution < -0.4 is 10.6 Å². The predicted molar refractivity (Wildman–Crippen MR) is 95.0 cm³/mol. The van der Waals surface area contributed by atoms with Gasteiger partial charge in [0.25, 0.3) is 11.8 Å². The number of H-pyrrole nitrogens is 1. The lowest BCUT2D eigenvalue weighted by Gasteiger charge is -2.02. The zero-order valence-corrected chi connectivity index (χ0v) is 13.6. The highest BCUT2D eigenvalue weighted by molar-refractivity contribution is 7.22. The molecule has 0 spiro atoms. The Hall–Kier alpha value is -3.39. The number of furan rings is 1. The number of carbonyl (C=O) groups is 2. The van der Waals surface area contributed by atoms with Gasteiger partial charge in [-0.3, -0.25) is 14.9 Å². The molecule has 3 aromatic heterocycles. The van der Waals surface area contributed by atoms with Gasteiger partial charge in [-0.15, -0.1) is 0 Å². The average molecular weight is 352 g/mol. The normalized spacial score (nSPS) is 10.7. The lowest BCUT2D eigenvalue weighted by Crippen LogP contribution is -2.11. The van der Waals surface area contributed by atoms with E-state index in [1.165, 1.54) is 17.6 Å². The van der Waals surface area contributed by atoms with Crippen LogP contribution in [0.1, 0.15) is 21.0 Å². The number of aromatic amines is 1. The molecule has 0 unspecified atom stereocenters. The number of rotatable bonds is 4. The van der Waals surface area contributed by atoms with E-state index in [0.29, 0.717) is 16.5 Å². The monoisotopic (exact) mass is 352 g/mol. The highest BCUT2D eigenvalue weighted by atomic mass is 32.1. The van der Waals surface area contributed by atoms with Crippen molar-refractivity contribution in [3.8, 4) is 0 Å². The molecule has 0 radical (unpaired) electrons. The first-order valence-corrected chi connectivity index (χ1v) is 8.21. The average Bonchev–Trinajstić information content (AvgIpc) is 3.35. The summed E-state index contributed by atoms with van der Waals surface area (Å²) in [6, 6.07) is 12.0. The number of nitrogens with one attached hydrogen (secondary N) is 3. The predicted octanol–water partition coefficient (Wildman–Crippen LogP) is 3.72. The number of carbonyl (C=O) groups excluding carboxylic acids is 2. The molecule has 0 atom stereocenters. The molecular weight excluding hydrogens is 340 g/mol. The Labute approximate surface area is 145 Å². The number of aromatic nitrogens is 2. The minimum atomic E-state index is -0.325. The van der Waals surface area contributed by atoms with Gasteiger partial charge in [-0.2, -0.15) is 0 Å². The van der Waals surface area contributed by atoms with Crippen LogP contribution in [0.2, 0.25) is 0 Å². The van der Waals surface area contributed by atoms with Crippen molar-refractivity contribution in [1.82, 2.24) is 9.97 Å². The molecule has 0 saturated carbocycles.